The molecule has 48 valence electrons. The summed E-state index contributed by atoms with van der Waals surface area (Å²) in [5.41, 5.74) is 0. The quantitative estimate of drug-likeness (QED) is 0.306. The van der Waals surface area contributed by atoms with Gasteiger partial charge in [-0.05, 0) is 0 Å². The molecule has 0 spiro atoms. The van der Waals surface area contributed by atoms with Crippen LogP contribution in [-0.4, -0.2) is 43.9 Å². The fraction of sp³-hybridized carbons (Fsp3) is 0. The van der Waals surface area contributed by atoms with Crippen molar-refractivity contribution in [1.82, 2.24) is 0 Å². The fourth-order valence-corrected chi connectivity index (χ4v) is 0.332. The van der Waals surface area contributed by atoms with Crippen LogP contribution in [0.4, 0.5) is 0 Å². The number of hydrogen-bond acceptors (Lipinski definition) is 4. The van der Waals surface area contributed by atoms with Crippen molar-refractivity contribution in [3.63, 3.8) is 0 Å². The Bertz CT molecular complexity index is 165. The van der Waals surface area contributed by atoms with Crippen molar-refractivity contribution in [2.24, 2.45) is 0 Å². The van der Waals surface area contributed by atoms with Crippen molar-refractivity contribution in [2.45, 2.75) is 0 Å². The van der Waals surface area contributed by atoms with E-state index in [0.717, 1.165) is 6.08 Å². The molecule has 0 unspecified atom stereocenters. The topological polar surface area (TPSA) is 60.4 Å². The summed E-state index contributed by atoms with van der Waals surface area (Å²) in [4.78, 5) is 9.90. The Balaban J connectivity index is 0. The van der Waals surface area contributed by atoms with E-state index < -0.39 is 17.0 Å². The summed E-state index contributed by atoms with van der Waals surface area (Å²) in [6.45, 7) is 2.97. The Morgan fingerprint density at radius 3 is 2.11 bits per heavy atom. The van der Waals surface area contributed by atoms with Gasteiger partial charge in [-0.25, -0.2) is 4.79 Å². The SMILES string of the molecule is C=CC(=O)O[SH](=O)=O.[NaH]. The molecular formula is C3H5NaO4S. The van der Waals surface area contributed by atoms with Gasteiger partial charge in [0.15, 0.2) is 0 Å². The van der Waals surface area contributed by atoms with Crippen molar-refractivity contribution in [2.75, 3.05) is 0 Å². The van der Waals surface area contributed by atoms with Gasteiger partial charge in [-0.1, -0.05) is 6.58 Å². The molecule has 0 aromatic carbocycles. The molecule has 0 aromatic rings. The molecule has 0 aromatic heterocycles. The van der Waals surface area contributed by atoms with Crippen molar-refractivity contribution in [1.29, 1.82) is 0 Å². The summed E-state index contributed by atoms with van der Waals surface area (Å²) in [5, 5.41) is 0. The average Bonchev–Trinajstić information content (AvgIpc) is 1.65. The molecule has 0 rings (SSSR count). The number of carbonyl (C=O) groups is 1. The van der Waals surface area contributed by atoms with Crippen LogP contribution in [0.1, 0.15) is 0 Å². The molecule has 4 nitrogen and oxygen atoms in total. The third-order valence-electron chi connectivity index (χ3n) is 0.331. The molecule has 0 heterocycles. The van der Waals surface area contributed by atoms with Crippen LogP contribution in [0.15, 0.2) is 12.7 Å². The first-order valence-electron chi connectivity index (χ1n) is 1.65. The Hall–Kier alpha value is 0.160. The third-order valence-corrected chi connectivity index (χ3v) is 0.660. The normalized spacial score (nSPS) is 7.67. The number of rotatable bonds is 2. The Kier molecular flexibility index (Phi) is 8.31. The molecule has 0 aliphatic heterocycles. The molecular weight excluding hydrogens is 155 g/mol. The van der Waals surface area contributed by atoms with E-state index in [-0.39, 0.29) is 29.6 Å². The molecule has 0 N–H and O–H groups in total. The standard InChI is InChI=1S/C3H4O4S.Na.H/c1-2-3(4)7-8(5)6;;/h2,8H,1H2;;. The van der Waals surface area contributed by atoms with E-state index in [9.17, 15) is 13.2 Å². The molecule has 0 aliphatic rings. The van der Waals surface area contributed by atoms with Gasteiger partial charge in [-0.3, -0.25) is 0 Å². The van der Waals surface area contributed by atoms with Gasteiger partial charge in [0, 0.05) is 6.08 Å². The average molecular weight is 160 g/mol. The summed E-state index contributed by atoms with van der Waals surface area (Å²) >= 11 is 0. The van der Waals surface area contributed by atoms with Gasteiger partial charge in [0.2, 0.25) is 0 Å². The van der Waals surface area contributed by atoms with E-state index in [2.05, 4.69) is 10.8 Å². The van der Waals surface area contributed by atoms with Crippen LogP contribution in [0.5, 0.6) is 0 Å². The molecule has 0 aliphatic carbocycles. The van der Waals surface area contributed by atoms with Gasteiger partial charge in [-0.15, -0.1) is 0 Å². The van der Waals surface area contributed by atoms with Gasteiger partial charge in [0.05, 0.1) is 0 Å². The molecule has 0 saturated carbocycles. The minimum atomic E-state index is -3.07. The van der Waals surface area contributed by atoms with Crippen molar-refractivity contribution in [3.05, 3.63) is 12.7 Å². The zero-order valence-electron chi connectivity index (χ0n) is 3.86. The second kappa shape index (κ2) is 6.28. The van der Waals surface area contributed by atoms with Crippen LogP contribution in [-0.2, 0) is 20.0 Å². The van der Waals surface area contributed by atoms with Crippen molar-refractivity contribution >= 4 is 46.5 Å². The summed E-state index contributed by atoms with van der Waals surface area (Å²) in [5.74, 6) is -0.957. The van der Waals surface area contributed by atoms with E-state index in [0.29, 0.717) is 0 Å². The van der Waals surface area contributed by atoms with Gasteiger partial charge in [-0.2, -0.15) is 8.42 Å². The second-order valence-electron chi connectivity index (χ2n) is 0.838. The molecule has 0 bridgehead atoms. The number of thiol groups is 1. The van der Waals surface area contributed by atoms with Crippen LogP contribution in [0, 0.1) is 0 Å². The van der Waals surface area contributed by atoms with E-state index in [4.69, 9.17) is 0 Å². The van der Waals surface area contributed by atoms with Gasteiger partial charge >= 0.3 is 46.5 Å². The van der Waals surface area contributed by atoms with Crippen LogP contribution in [0.3, 0.4) is 0 Å². The molecule has 0 radical (unpaired) electrons. The van der Waals surface area contributed by atoms with Gasteiger partial charge < -0.3 is 4.18 Å². The Morgan fingerprint density at radius 2 is 2.00 bits per heavy atom. The van der Waals surface area contributed by atoms with Crippen LogP contribution in [0.25, 0.3) is 0 Å². The molecule has 0 fully saturated rings. The second-order valence-corrected chi connectivity index (χ2v) is 1.47. The van der Waals surface area contributed by atoms with Gasteiger partial charge in [0.1, 0.15) is 0 Å². The molecule has 9 heavy (non-hydrogen) atoms. The van der Waals surface area contributed by atoms with Crippen molar-refractivity contribution < 1.29 is 17.4 Å². The molecule has 0 saturated heterocycles. The van der Waals surface area contributed by atoms with Crippen LogP contribution < -0.4 is 0 Å². The number of hydrogen-bond donors (Lipinski definition) is 1. The van der Waals surface area contributed by atoms with Crippen LogP contribution >= 0.6 is 0 Å². The Morgan fingerprint density at radius 1 is 1.56 bits per heavy atom. The summed E-state index contributed by atoms with van der Waals surface area (Å²) in [7, 11) is -3.07. The first kappa shape index (κ1) is 11.9. The number of carbonyl (C=O) groups excluding carboxylic acids is 1. The maximum absolute atomic E-state index is 9.90. The van der Waals surface area contributed by atoms with Crippen molar-refractivity contribution in [3.8, 4) is 0 Å². The van der Waals surface area contributed by atoms with E-state index in [1.807, 2.05) is 0 Å². The summed E-state index contributed by atoms with van der Waals surface area (Å²) < 4.78 is 22.6. The molecule has 0 atom stereocenters. The maximum atomic E-state index is 9.90. The predicted molar refractivity (Wildman–Crippen MR) is 33.8 cm³/mol. The van der Waals surface area contributed by atoms with Gasteiger partial charge in [0.25, 0.3) is 0 Å². The molecule has 0 amide bonds. The third kappa shape index (κ3) is 8.16. The fourth-order valence-electron chi connectivity index (χ4n) is 0.111. The first-order valence-corrected chi connectivity index (χ1v) is 2.75. The van der Waals surface area contributed by atoms with E-state index in [1.54, 1.807) is 0 Å². The zero-order chi connectivity index (χ0) is 6.57. The zero-order valence-corrected chi connectivity index (χ0v) is 4.76. The molecule has 6 heteroatoms. The summed E-state index contributed by atoms with van der Waals surface area (Å²) in [6, 6.07) is 0. The predicted octanol–water partition coefficient (Wildman–Crippen LogP) is -1.41. The van der Waals surface area contributed by atoms with E-state index in [1.165, 1.54) is 0 Å². The summed E-state index contributed by atoms with van der Waals surface area (Å²) in [6.07, 6.45) is 0.769. The monoisotopic (exact) mass is 160 g/mol. The van der Waals surface area contributed by atoms with Crippen LogP contribution in [0.2, 0.25) is 0 Å². The minimum absolute atomic E-state index is 0. The Labute approximate surface area is 76.3 Å². The first-order chi connectivity index (χ1) is 3.66. The van der Waals surface area contributed by atoms with E-state index >= 15 is 0 Å².